The van der Waals surface area contributed by atoms with Gasteiger partial charge >= 0.3 is 15.6 Å². The van der Waals surface area contributed by atoms with E-state index in [1.165, 1.54) is 0 Å². The van der Waals surface area contributed by atoms with Gasteiger partial charge in [0, 0.05) is 0 Å². The van der Waals surface area contributed by atoms with Crippen LogP contribution in [0.2, 0.25) is 0 Å². The lowest BCUT2D eigenvalue weighted by Crippen LogP contribution is -2.08. The standard InChI is InChI=1S/C36H37NO8P2/c37-24-23-30-21-22-35(44-46(38,40-26-31-13-5-1-6-14-31)41-27-32-15-7-2-8-16-32)36(25-30)45-47(39,42-28-33-17-9-3-10-18-33)43-29-34-19-11-4-12-20-34/h1-22,25H,23-24,26-29,37H2. The van der Waals surface area contributed by atoms with E-state index in [0.29, 0.717) is 13.0 Å². The van der Waals surface area contributed by atoms with Gasteiger partial charge in [0.05, 0.1) is 26.4 Å². The highest BCUT2D eigenvalue weighted by Gasteiger charge is 2.34. The summed E-state index contributed by atoms with van der Waals surface area (Å²) in [5.74, 6) is -0.0747. The zero-order valence-electron chi connectivity index (χ0n) is 25.8. The van der Waals surface area contributed by atoms with Crippen molar-refractivity contribution in [3.05, 3.63) is 167 Å². The Bertz CT molecular complexity index is 1670. The molecule has 0 unspecified atom stereocenters. The maximum Gasteiger partial charge on any atom is 0.530 e. The summed E-state index contributed by atoms with van der Waals surface area (Å²) >= 11 is 0. The molecular weight excluding hydrogens is 636 g/mol. The SMILES string of the molecule is NCCc1ccc(OP(=O)(OCc2ccccc2)OCc2ccccc2)c(OP(=O)(OCc2ccccc2)OCc2ccccc2)c1. The zero-order valence-corrected chi connectivity index (χ0v) is 27.5. The first-order valence-electron chi connectivity index (χ1n) is 15.1. The van der Waals surface area contributed by atoms with Crippen LogP contribution in [0, 0.1) is 0 Å². The van der Waals surface area contributed by atoms with Crippen LogP contribution in [0.15, 0.2) is 140 Å². The average molecular weight is 674 g/mol. The molecule has 5 aromatic rings. The topological polar surface area (TPSA) is 116 Å². The van der Waals surface area contributed by atoms with Gasteiger partial charge < -0.3 is 14.8 Å². The molecule has 0 aliphatic carbocycles. The van der Waals surface area contributed by atoms with Crippen LogP contribution in [0.1, 0.15) is 27.8 Å². The quantitative estimate of drug-likeness (QED) is 0.0910. The first-order chi connectivity index (χ1) is 22.9. The molecule has 11 heteroatoms. The lowest BCUT2D eigenvalue weighted by Gasteiger charge is -2.23. The van der Waals surface area contributed by atoms with Crippen LogP contribution in [-0.4, -0.2) is 6.54 Å². The van der Waals surface area contributed by atoms with Gasteiger partial charge in [-0.3, -0.25) is 18.1 Å². The molecule has 0 aliphatic rings. The first-order valence-corrected chi connectivity index (χ1v) is 18.0. The molecule has 0 spiro atoms. The summed E-state index contributed by atoms with van der Waals surface area (Å²) in [4.78, 5) is 0. The predicted molar refractivity (Wildman–Crippen MR) is 181 cm³/mol. The van der Waals surface area contributed by atoms with E-state index in [4.69, 9.17) is 32.9 Å². The molecule has 0 atom stereocenters. The van der Waals surface area contributed by atoms with Crippen molar-refractivity contribution >= 4 is 15.6 Å². The summed E-state index contributed by atoms with van der Waals surface area (Å²) in [6.07, 6.45) is 0.489. The molecule has 0 saturated carbocycles. The molecular formula is C36H37NO8P2. The van der Waals surface area contributed by atoms with Crippen LogP contribution in [0.3, 0.4) is 0 Å². The van der Waals surface area contributed by atoms with Gasteiger partial charge in [0.1, 0.15) is 0 Å². The van der Waals surface area contributed by atoms with Gasteiger partial charge in [0.25, 0.3) is 0 Å². The number of hydrogen-bond donors (Lipinski definition) is 1. The molecule has 5 rings (SSSR count). The number of phosphoric ester groups is 2. The molecule has 9 nitrogen and oxygen atoms in total. The van der Waals surface area contributed by atoms with Crippen molar-refractivity contribution < 1.29 is 36.3 Å². The van der Waals surface area contributed by atoms with E-state index in [2.05, 4.69) is 0 Å². The molecule has 0 fully saturated rings. The van der Waals surface area contributed by atoms with Crippen molar-refractivity contribution in [3.63, 3.8) is 0 Å². The Morgan fingerprint density at radius 3 is 1.11 bits per heavy atom. The van der Waals surface area contributed by atoms with Crippen LogP contribution in [0.5, 0.6) is 11.5 Å². The lowest BCUT2D eigenvalue weighted by molar-refractivity contribution is 0.134. The largest absolute Gasteiger partial charge is 0.530 e. The molecule has 47 heavy (non-hydrogen) atoms. The van der Waals surface area contributed by atoms with E-state index in [0.717, 1.165) is 27.8 Å². The van der Waals surface area contributed by atoms with Crippen LogP contribution in [-0.2, 0) is 60.1 Å². The molecule has 0 radical (unpaired) electrons. The maximum absolute atomic E-state index is 14.3. The molecule has 244 valence electrons. The van der Waals surface area contributed by atoms with Gasteiger partial charge in [0.2, 0.25) is 0 Å². The fourth-order valence-electron chi connectivity index (χ4n) is 4.35. The average Bonchev–Trinajstić information content (AvgIpc) is 3.11. The fraction of sp³-hybridized carbons (Fsp3) is 0.167. The van der Waals surface area contributed by atoms with Crippen molar-refractivity contribution in [1.82, 2.24) is 0 Å². The monoisotopic (exact) mass is 673 g/mol. The third-order valence-corrected chi connectivity index (χ3v) is 9.41. The molecule has 0 aromatic heterocycles. The highest BCUT2D eigenvalue weighted by Crippen LogP contribution is 2.57. The Labute approximate surface area is 275 Å². The molecule has 0 aliphatic heterocycles. The lowest BCUT2D eigenvalue weighted by atomic mass is 10.1. The van der Waals surface area contributed by atoms with Gasteiger partial charge in [-0.1, -0.05) is 127 Å². The summed E-state index contributed by atoms with van der Waals surface area (Å²) < 4.78 is 63.8. The van der Waals surface area contributed by atoms with E-state index < -0.39 is 15.6 Å². The van der Waals surface area contributed by atoms with Gasteiger partial charge in [-0.2, -0.15) is 0 Å². The Morgan fingerprint density at radius 2 is 0.766 bits per heavy atom. The third-order valence-electron chi connectivity index (χ3n) is 6.79. The van der Waals surface area contributed by atoms with Crippen molar-refractivity contribution in [2.45, 2.75) is 32.8 Å². The second-order valence-corrected chi connectivity index (χ2v) is 13.6. The van der Waals surface area contributed by atoms with E-state index in [1.54, 1.807) is 18.2 Å². The summed E-state index contributed by atoms with van der Waals surface area (Å²) in [5, 5.41) is 0. The molecule has 0 amide bonds. The minimum atomic E-state index is -4.31. The van der Waals surface area contributed by atoms with Crippen molar-refractivity contribution in [3.8, 4) is 11.5 Å². The Kier molecular flexibility index (Phi) is 12.6. The van der Waals surface area contributed by atoms with E-state index in [-0.39, 0.29) is 37.9 Å². The van der Waals surface area contributed by atoms with Gasteiger partial charge in [-0.05, 0) is 52.9 Å². The van der Waals surface area contributed by atoms with Gasteiger partial charge in [0.15, 0.2) is 11.5 Å². The number of rotatable bonds is 18. The maximum atomic E-state index is 14.3. The zero-order chi connectivity index (χ0) is 32.8. The number of hydrogen-bond acceptors (Lipinski definition) is 9. The molecule has 5 aromatic carbocycles. The second-order valence-electron chi connectivity index (χ2n) is 10.4. The second kappa shape index (κ2) is 17.2. The van der Waals surface area contributed by atoms with Crippen molar-refractivity contribution in [2.24, 2.45) is 5.73 Å². The summed E-state index contributed by atoms with van der Waals surface area (Å²) in [6.45, 7) is 0.153. The third kappa shape index (κ3) is 11.0. The smallest absolute Gasteiger partial charge is 0.400 e. The van der Waals surface area contributed by atoms with Gasteiger partial charge in [-0.25, -0.2) is 9.13 Å². The Balaban J connectivity index is 1.44. The normalized spacial score (nSPS) is 11.7. The predicted octanol–water partition coefficient (Wildman–Crippen LogP) is 9.03. The van der Waals surface area contributed by atoms with E-state index >= 15 is 0 Å². The summed E-state index contributed by atoms with van der Waals surface area (Å²) in [6, 6.07) is 41.8. The number of nitrogens with two attached hydrogens (primary N) is 1. The van der Waals surface area contributed by atoms with Crippen LogP contribution in [0.4, 0.5) is 0 Å². The molecule has 0 heterocycles. The van der Waals surface area contributed by atoms with Crippen molar-refractivity contribution in [2.75, 3.05) is 6.54 Å². The molecule has 2 N–H and O–H groups in total. The van der Waals surface area contributed by atoms with Crippen molar-refractivity contribution in [1.29, 1.82) is 0 Å². The minimum Gasteiger partial charge on any atom is -0.400 e. The van der Waals surface area contributed by atoms with Crippen LogP contribution in [0.25, 0.3) is 0 Å². The minimum absolute atomic E-state index is 0.0350. The Morgan fingerprint density at radius 1 is 0.426 bits per heavy atom. The van der Waals surface area contributed by atoms with E-state index in [9.17, 15) is 9.13 Å². The van der Waals surface area contributed by atoms with Crippen LogP contribution < -0.4 is 14.8 Å². The number of phosphoric acid groups is 2. The molecule has 0 saturated heterocycles. The van der Waals surface area contributed by atoms with Gasteiger partial charge in [-0.15, -0.1) is 0 Å². The molecule has 0 bridgehead atoms. The number of benzene rings is 5. The van der Waals surface area contributed by atoms with Crippen LogP contribution >= 0.6 is 15.6 Å². The summed E-state index contributed by atoms with van der Waals surface area (Å²) in [5.41, 5.74) is 9.65. The fourth-order valence-corrected chi connectivity index (χ4v) is 6.72. The highest BCUT2D eigenvalue weighted by atomic mass is 31.2. The highest BCUT2D eigenvalue weighted by molar-refractivity contribution is 7.49. The van der Waals surface area contributed by atoms with E-state index in [1.807, 2.05) is 121 Å². The first kappa shape index (κ1) is 34.3. The summed E-state index contributed by atoms with van der Waals surface area (Å²) in [7, 11) is -8.61. The Hall–Kier alpha value is -4.04.